The van der Waals surface area contributed by atoms with Crippen LogP contribution >= 0.6 is 0 Å². The van der Waals surface area contributed by atoms with Gasteiger partial charge in [-0.25, -0.2) is 0 Å². The molecule has 0 aromatic rings. The molecule has 4 fully saturated rings. The zero-order valence-corrected chi connectivity index (χ0v) is 22.6. The molecule has 4 aliphatic carbocycles. The van der Waals surface area contributed by atoms with Crippen molar-refractivity contribution in [3.63, 3.8) is 0 Å². The van der Waals surface area contributed by atoms with Crippen LogP contribution in [0.3, 0.4) is 0 Å². The van der Waals surface area contributed by atoms with Crippen LogP contribution in [0, 0.1) is 34.5 Å². The average molecular weight is 451 g/mol. The highest BCUT2D eigenvalue weighted by Gasteiger charge is 2.68. The SMILES string of the molecule is C[C@H](O[Si](C)(C)C(C)(C)C)[C@H]1CC[C@]2(O)[C@@H]3CC[C@@H]4C[C@@H](O)CC[C@]4(C)[C@H]3CC[C@]12C. The van der Waals surface area contributed by atoms with Gasteiger partial charge < -0.3 is 14.6 Å². The number of aliphatic hydroxyl groups excluding tert-OH is 1. The molecule has 0 heterocycles. The number of hydrogen-bond donors (Lipinski definition) is 2. The van der Waals surface area contributed by atoms with Crippen LogP contribution < -0.4 is 0 Å². The Bertz CT molecular complexity index is 686. The summed E-state index contributed by atoms with van der Waals surface area (Å²) in [5.74, 6) is 2.13. The van der Waals surface area contributed by atoms with Gasteiger partial charge in [-0.15, -0.1) is 0 Å². The highest BCUT2D eigenvalue weighted by atomic mass is 28.4. The molecule has 4 heteroatoms. The Hall–Kier alpha value is 0.0969. The standard InChI is InChI=1S/C27H50O3Si/c1-18(30-31(7,8)24(2,3)4)21-13-16-27(29)23-10-9-19-17-20(28)11-14-25(19,5)22(23)12-15-26(21,27)6/h18-23,28-29H,9-17H2,1-8H3/t18-,19+,20-,21+,22-,23+,25-,26+,27-/m0/s1. The van der Waals surface area contributed by atoms with E-state index in [4.69, 9.17) is 4.43 Å². The Balaban J connectivity index is 1.57. The molecule has 4 saturated carbocycles. The minimum atomic E-state index is -1.83. The van der Waals surface area contributed by atoms with Gasteiger partial charge in [-0.2, -0.15) is 0 Å². The van der Waals surface area contributed by atoms with Crippen LogP contribution in [0.4, 0.5) is 0 Å². The van der Waals surface area contributed by atoms with E-state index in [1.807, 2.05) is 0 Å². The first-order chi connectivity index (χ1) is 14.2. The van der Waals surface area contributed by atoms with Crippen LogP contribution in [0.1, 0.15) is 99.3 Å². The van der Waals surface area contributed by atoms with Gasteiger partial charge in [0.25, 0.3) is 0 Å². The van der Waals surface area contributed by atoms with Gasteiger partial charge in [-0.05, 0) is 112 Å². The van der Waals surface area contributed by atoms with Gasteiger partial charge in [-0.3, -0.25) is 0 Å². The number of rotatable bonds is 3. The largest absolute Gasteiger partial charge is 0.414 e. The molecule has 0 unspecified atom stereocenters. The predicted molar refractivity (Wildman–Crippen MR) is 130 cm³/mol. The zero-order chi connectivity index (χ0) is 23.0. The fraction of sp³-hybridized carbons (Fsp3) is 1.00. The Morgan fingerprint density at radius 2 is 1.61 bits per heavy atom. The van der Waals surface area contributed by atoms with Crippen molar-refractivity contribution in [2.75, 3.05) is 0 Å². The molecular formula is C27H50O3Si. The molecule has 0 aromatic heterocycles. The minimum Gasteiger partial charge on any atom is -0.414 e. The molecule has 0 aromatic carbocycles. The number of hydrogen-bond acceptors (Lipinski definition) is 3. The molecule has 180 valence electrons. The van der Waals surface area contributed by atoms with Crippen LogP contribution in [0.25, 0.3) is 0 Å². The van der Waals surface area contributed by atoms with Crippen molar-refractivity contribution in [2.45, 2.75) is 135 Å². The summed E-state index contributed by atoms with van der Waals surface area (Å²) in [6.07, 6.45) is 9.95. The lowest BCUT2D eigenvalue weighted by molar-refractivity contribution is -0.214. The normalized spacial score (nSPS) is 49.2. The van der Waals surface area contributed by atoms with Crippen molar-refractivity contribution in [3.8, 4) is 0 Å². The maximum Gasteiger partial charge on any atom is 0.192 e. The summed E-state index contributed by atoms with van der Waals surface area (Å²) < 4.78 is 6.90. The maximum absolute atomic E-state index is 12.4. The van der Waals surface area contributed by atoms with E-state index in [9.17, 15) is 10.2 Å². The second-order valence-electron chi connectivity index (χ2n) is 14.0. The Labute approximate surface area is 192 Å². The summed E-state index contributed by atoms with van der Waals surface area (Å²) in [6, 6.07) is 0. The second kappa shape index (κ2) is 7.55. The van der Waals surface area contributed by atoms with Crippen molar-refractivity contribution in [1.82, 2.24) is 0 Å². The van der Waals surface area contributed by atoms with Crippen LogP contribution in [0.5, 0.6) is 0 Å². The summed E-state index contributed by atoms with van der Waals surface area (Å²) in [6.45, 7) is 18.9. The molecular weight excluding hydrogens is 400 g/mol. The van der Waals surface area contributed by atoms with Crippen molar-refractivity contribution in [1.29, 1.82) is 0 Å². The molecule has 2 N–H and O–H groups in total. The lowest BCUT2D eigenvalue weighted by Gasteiger charge is -2.64. The summed E-state index contributed by atoms with van der Waals surface area (Å²) in [7, 11) is -1.83. The van der Waals surface area contributed by atoms with Crippen molar-refractivity contribution in [2.24, 2.45) is 34.5 Å². The molecule has 4 rings (SSSR count). The fourth-order valence-electron chi connectivity index (χ4n) is 8.72. The van der Waals surface area contributed by atoms with Crippen LogP contribution in [-0.2, 0) is 4.43 Å². The lowest BCUT2D eigenvalue weighted by atomic mass is 9.43. The molecule has 4 aliphatic rings. The molecule has 0 saturated heterocycles. The minimum absolute atomic E-state index is 0.0344. The molecule has 0 spiro atoms. The first-order valence-electron chi connectivity index (χ1n) is 13.2. The first-order valence-corrected chi connectivity index (χ1v) is 16.1. The third kappa shape index (κ3) is 3.53. The van der Waals surface area contributed by atoms with Gasteiger partial charge in [0, 0.05) is 11.5 Å². The third-order valence-corrected chi connectivity index (χ3v) is 16.3. The van der Waals surface area contributed by atoms with Gasteiger partial charge in [0.2, 0.25) is 0 Å². The topological polar surface area (TPSA) is 49.7 Å². The van der Waals surface area contributed by atoms with Gasteiger partial charge >= 0.3 is 0 Å². The summed E-state index contributed by atoms with van der Waals surface area (Å²) in [5.41, 5.74) is -0.274. The quantitative estimate of drug-likeness (QED) is 0.480. The summed E-state index contributed by atoms with van der Waals surface area (Å²) in [4.78, 5) is 0. The monoisotopic (exact) mass is 450 g/mol. The molecule has 0 amide bonds. The average Bonchev–Trinajstić information content (AvgIpc) is 2.92. The van der Waals surface area contributed by atoms with E-state index in [-0.39, 0.29) is 22.7 Å². The van der Waals surface area contributed by atoms with E-state index in [0.29, 0.717) is 29.1 Å². The predicted octanol–water partition coefficient (Wildman–Crippen LogP) is 6.53. The summed E-state index contributed by atoms with van der Waals surface area (Å²) in [5, 5.41) is 22.9. The highest BCUT2D eigenvalue weighted by molar-refractivity contribution is 6.74. The molecule has 3 nitrogen and oxygen atoms in total. The van der Waals surface area contributed by atoms with E-state index >= 15 is 0 Å². The maximum atomic E-state index is 12.4. The molecule has 0 aliphatic heterocycles. The number of aliphatic hydroxyl groups is 2. The van der Waals surface area contributed by atoms with Gasteiger partial charge in [0.15, 0.2) is 8.32 Å². The van der Waals surface area contributed by atoms with Crippen LogP contribution in [0.2, 0.25) is 18.1 Å². The third-order valence-electron chi connectivity index (χ3n) is 11.7. The molecule has 31 heavy (non-hydrogen) atoms. The van der Waals surface area contributed by atoms with Crippen molar-refractivity contribution >= 4 is 8.32 Å². The van der Waals surface area contributed by atoms with Gasteiger partial charge in [0.1, 0.15) is 0 Å². The Morgan fingerprint density at radius 3 is 2.26 bits per heavy atom. The van der Waals surface area contributed by atoms with Gasteiger partial charge in [0.05, 0.1) is 11.7 Å². The second-order valence-corrected chi connectivity index (χ2v) is 18.8. The zero-order valence-electron chi connectivity index (χ0n) is 21.6. The summed E-state index contributed by atoms with van der Waals surface area (Å²) >= 11 is 0. The Morgan fingerprint density at radius 1 is 0.935 bits per heavy atom. The number of fused-ring (bicyclic) bond motifs is 5. The van der Waals surface area contributed by atoms with E-state index in [2.05, 4.69) is 54.6 Å². The van der Waals surface area contributed by atoms with Crippen LogP contribution in [0.15, 0.2) is 0 Å². The Kier molecular flexibility index (Phi) is 5.90. The highest BCUT2D eigenvalue weighted by Crippen LogP contribution is 2.69. The van der Waals surface area contributed by atoms with Crippen molar-refractivity contribution in [3.05, 3.63) is 0 Å². The first kappa shape index (κ1) is 24.2. The fourth-order valence-corrected chi connectivity index (χ4v) is 10.2. The van der Waals surface area contributed by atoms with Crippen molar-refractivity contribution < 1.29 is 14.6 Å². The van der Waals surface area contributed by atoms with E-state index < -0.39 is 13.9 Å². The van der Waals surface area contributed by atoms with E-state index in [1.165, 1.54) is 12.8 Å². The molecule has 9 atom stereocenters. The lowest BCUT2D eigenvalue weighted by Crippen LogP contribution is -2.63. The van der Waals surface area contributed by atoms with Crippen LogP contribution in [-0.4, -0.2) is 36.3 Å². The van der Waals surface area contributed by atoms with E-state index in [1.54, 1.807) is 0 Å². The molecule has 0 radical (unpaired) electrons. The van der Waals surface area contributed by atoms with Gasteiger partial charge in [-0.1, -0.05) is 34.6 Å². The molecule has 0 bridgehead atoms. The smallest absolute Gasteiger partial charge is 0.192 e. The van der Waals surface area contributed by atoms with E-state index in [0.717, 1.165) is 44.9 Å².